The number of piperidine rings is 1. The van der Waals surface area contributed by atoms with Crippen LogP contribution in [0, 0.1) is 0 Å². The number of likely N-dealkylation sites (tertiary alicyclic amines) is 1. The van der Waals surface area contributed by atoms with Crippen molar-refractivity contribution in [2.24, 2.45) is 0 Å². The van der Waals surface area contributed by atoms with Gasteiger partial charge < -0.3 is 15.5 Å². The molecule has 2 aromatic rings. The number of rotatable bonds is 6. The zero-order valence-corrected chi connectivity index (χ0v) is 15.7. The number of carbonyl (C=O) groups is 2. The number of nitrogens with one attached hydrogen (secondary N) is 2. The van der Waals surface area contributed by atoms with Gasteiger partial charge in [-0.2, -0.15) is 0 Å². The Balaban J connectivity index is 1.68. The van der Waals surface area contributed by atoms with Crippen LogP contribution in [0.25, 0.3) is 0 Å². The van der Waals surface area contributed by atoms with Crippen LogP contribution in [0.5, 0.6) is 0 Å². The first kappa shape index (κ1) is 19.1. The highest BCUT2D eigenvalue weighted by atomic mass is 16.2. The van der Waals surface area contributed by atoms with Gasteiger partial charge >= 0.3 is 0 Å². The molecule has 1 unspecified atom stereocenters. The highest BCUT2D eigenvalue weighted by Crippen LogP contribution is 2.10. The molecule has 1 aliphatic heterocycles. The van der Waals surface area contributed by atoms with E-state index in [1.54, 1.807) is 12.1 Å². The number of hydrogen-bond donors (Lipinski definition) is 2. The zero-order valence-electron chi connectivity index (χ0n) is 15.7. The summed E-state index contributed by atoms with van der Waals surface area (Å²) in [6.45, 7) is 1.95. The van der Waals surface area contributed by atoms with Gasteiger partial charge in [-0.1, -0.05) is 48.5 Å². The summed E-state index contributed by atoms with van der Waals surface area (Å²) >= 11 is 0. The van der Waals surface area contributed by atoms with E-state index < -0.39 is 6.04 Å². The van der Waals surface area contributed by atoms with E-state index in [0.717, 1.165) is 31.5 Å². The molecule has 1 atom stereocenters. The summed E-state index contributed by atoms with van der Waals surface area (Å²) in [5.74, 6) is -0.340. The van der Waals surface area contributed by atoms with Crippen molar-refractivity contribution in [1.82, 2.24) is 15.5 Å². The van der Waals surface area contributed by atoms with E-state index in [0.29, 0.717) is 12.0 Å². The Labute approximate surface area is 160 Å². The molecule has 0 aromatic heterocycles. The van der Waals surface area contributed by atoms with Crippen molar-refractivity contribution < 1.29 is 9.59 Å². The van der Waals surface area contributed by atoms with E-state index in [1.165, 1.54) is 0 Å². The second-order valence-corrected chi connectivity index (χ2v) is 7.17. The molecule has 5 heteroatoms. The quantitative estimate of drug-likeness (QED) is 0.825. The molecule has 27 heavy (non-hydrogen) atoms. The van der Waals surface area contributed by atoms with Crippen molar-refractivity contribution in [3.63, 3.8) is 0 Å². The van der Waals surface area contributed by atoms with Gasteiger partial charge in [0.1, 0.15) is 6.04 Å². The molecule has 0 saturated carbocycles. The maximum atomic E-state index is 12.9. The Morgan fingerprint density at radius 3 is 2.22 bits per heavy atom. The van der Waals surface area contributed by atoms with Crippen molar-refractivity contribution >= 4 is 11.8 Å². The van der Waals surface area contributed by atoms with Crippen molar-refractivity contribution in [2.45, 2.75) is 31.3 Å². The lowest BCUT2D eigenvalue weighted by atomic mass is 10.0. The third-order valence-corrected chi connectivity index (χ3v) is 5.01. The Bertz CT molecular complexity index is 741. The minimum atomic E-state index is -0.597. The van der Waals surface area contributed by atoms with Crippen LogP contribution in [-0.2, 0) is 11.2 Å². The molecular weight excluding hydrogens is 338 g/mol. The predicted molar refractivity (Wildman–Crippen MR) is 107 cm³/mol. The van der Waals surface area contributed by atoms with Crippen molar-refractivity contribution in [3.05, 3.63) is 71.8 Å². The van der Waals surface area contributed by atoms with E-state index >= 15 is 0 Å². The van der Waals surface area contributed by atoms with Gasteiger partial charge in [0, 0.05) is 18.0 Å². The predicted octanol–water partition coefficient (Wildman–Crippen LogP) is 2.24. The number of nitrogens with zero attached hydrogens (tertiary/aromatic N) is 1. The van der Waals surface area contributed by atoms with Gasteiger partial charge in [0.25, 0.3) is 5.91 Å². The molecule has 1 fully saturated rings. The summed E-state index contributed by atoms with van der Waals surface area (Å²) < 4.78 is 0. The maximum Gasteiger partial charge on any atom is 0.251 e. The monoisotopic (exact) mass is 365 g/mol. The molecule has 142 valence electrons. The molecule has 5 nitrogen and oxygen atoms in total. The summed E-state index contributed by atoms with van der Waals surface area (Å²) in [5.41, 5.74) is 1.58. The van der Waals surface area contributed by atoms with Crippen LogP contribution in [0.1, 0.15) is 28.8 Å². The van der Waals surface area contributed by atoms with E-state index in [9.17, 15) is 9.59 Å². The van der Waals surface area contributed by atoms with Gasteiger partial charge in [0.05, 0.1) is 0 Å². The summed E-state index contributed by atoms with van der Waals surface area (Å²) in [7, 11) is 2.09. The lowest BCUT2D eigenvalue weighted by molar-refractivity contribution is -0.124. The summed E-state index contributed by atoms with van der Waals surface area (Å²) in [4.78, 5) is 27.8. The van der Waals surface area contributed by atoms with Gasteiger partial charge in [-0.15, -0.1) is 0 Å². The second-order valence-electron chi connectivity index (χ2n) is 7.17. The lowest BCUT2D eigenvalue weighted by Crippen LogP contribution is -2.52. The Hall–Kier alpha value is -2.66. The first-order valence-electron chi connectivity index (χ1n) is 9.50. The van der Waals surface area contributed by atoms with Gasteiger partial charge in [-0.3, -0.25) is 9.59 Å². The van der Waals surface area contributed by atoms with Crippen LogP contribution in [-0.4, -0.2) is 48.9 Å². The molecule has 2 aromatic carbocycles. The van der Waals surface area contributed by atoms with Gasteiger partial charge in [-0.05, 0) is 50.7 Å². The summed E-state index contributed by atoms with van der Waals surface area (Å²) in [6.07, 6.45) is 2.34. The highest BCUT2D eigenvalue weighted by Gasteiger charge is 2.25. The van der Waals surface area contributed by atoms with Crippen LogP contribution >= 0.6 is 0 Å². The number of hydrogen-bond acceptors (Lipinski definition) is 3. The minimum absolute atomic E-state index is 0.113. The molecule has 1 saturated heterocycles. The molecule has 1 heterocycles. The lowest BCUT2D eigenvalue weighted by Gasteiger charge is -2.30. The Morgan fingerprint density at radius 1 is 1.00 bits per heavy atom. The van der Waals surface area contributed by atoms with E-state index in [-0.39, 0.29) is 17.9 Å². The first-order chi connectivity index (χ1) is 13.1. The normalized spacial score (nSPS) is 16.5. The second kappa shape index (κ2) is 9.33. The Kier molecular flexibility index (Phi) is 6.60. The SMILES string of the molecule is CN1CCC(NC(=O)C(Cc2ccccc2)NC(=O)c2ccccc2)CC1. The zero-order chi connectivity index (χ0) is 19.1. The molecule has 0 bridgehead atoms. The molecule has 0 spiro atoms. The molecule has 1 aliphatic rings. The van der Waals surface area contributed by atoms with Crippen LogP contribution < -0.4 is 10.6 Å². The maximum absolute atomic E-state index is 12.9. The van der Waals surface area contributed by atoms with Crippen LogP contribution in [0.4, 0.5) is 0 Å². The molecule has 0 radical (unpaired) electrons. The minimum Gasteiger partial charge on any atom is -0.351 e. The summed E-state index contributed by atoms with van der Waals surface area (Å²) in [5, 5.41) is 6.05. The van der Waals surface area contributed by atoms with Gasteiger partial charge in [0.15, 0.2) is 0 Å². The average Bonchev–Trinajstić information content (AvgIpc) is 2.70. The molecule has 2 N–H and O–H groups in total. The summed E-state index contributed by atoms with van der Waals surface area (Å²) in [6, 6.07) is 18.4. The Morgan fingerprint density at radius 2 is 1.59 bits per heavy atom. The van der Waals surface area contributed by atoms with E-state index in [2.05, 4.69) is 22.6 Å². The fourth-order valence-corrected chi connectivity index (χ4v) is 3.34. The molecule has 3 rings (SSSR count). The van der Waals surface area contributed by atoms with Gasteiger partial charge in [0.2, 0.25) is 5.91 Å². The smallest absolute Gasteiger partial charge is 0.251 e. The molecular formula is C22H27N3O2. The average molecular weight is 365 g/mol. The molecule has 0 aliphatic carbocycles. The van der Waals surface area contributed by atoms with E-state index in [1.807, 2.05) is 48.5 Å². The van der Waals surface area contributed by atoms with Crippen molar-refractivity contribution in [2.75, 3.05) is 20.1 Å². The third kappa shape index (κ3) is 5.66. The van der Waals surface area contributed by atoms with E-state index in [4.69, 9.17) is 0 Å². The largest absolute Gasteiger partial charge is 0.351 e. The number of carbonyl (C=O) groups excluding carboxylic acids is 2. The number of amides is 2. The standard InChI is InChI=1S/C22H27N3O2/c1-25-14-12-19(13-15-25)23-22(27)20(16-17-8-4-2-5-9-17)24-21(26)18-10-6-3-7-11-18/h2-11,19-20H,12-16H2,1H3,(H,23,27)(H,24,26). The highest BCUT2D eigenvalue weighted by molar-refractivity contribution is 5.97. The van der Waals surface area contributed by atoms with Crippen LogP contribution in [0.2, 0.25) is 0 Å². The van der Waals surface area contributed by atoms with Crippen molar-refractivity contribution in [1.29, 1.82) is 0 Å². The van der Waals surface area contributed by atoms with Gasteiger partial charge in [-0.25, -0.2) is 0 Å². The topological polar surface area (TPSA) is 61.4 Å². The number of benzene rings is 2. The van der Waals surface area contributed by atoms with Crippen LogP contribution in [0.3, 0.4) is 0 Å². The first-order valence-corrected chi connectivity index (χ1v) is 9.50. The molecule has 2 amide bonds. The fraction of sp³-hybridized carbons (Fsp3) is 0.364. The third-order valence-electron chi connectivity index (χ3n) is 5.01. The fourth-order valence-electron chi connectivity index (χ4n) is 3.34. The van der Waals surface area contributed by atoms with Crippen LogP contribution in [0.15, 0.2) is 60.7 Å². The van der Waals surface area contributed by atoms with Crippen molar-refractivity contribution in [3.8, 4) is 0 Å².